The fourth-order valence-corrected chi connectivity index (χ4v) is 1.32. The number of hydrogen-bond acceptors (Lipinski definition) is 3. The van der Waals surface area contributed by atoms with E-state index in [0.717, 1.165) is 0 Å². The van der Waals surface area contributed by atoms with Gasteiger partial charge in [-0.1, -0.05) is 0 Å². The molecule has 0 radical (unpaired) electrons. The van der Waals surface area contributed by atoms with Crippen LogP contribution in [0.15, 0.2) is 0 Å². The highest BCUT2D eigenvalue weighted by molar-refractivity contribution is 5.81. The molecular weight excluding hydrogens is 202 g/mol. The molecule has 0 aliphatic heterocycles. The molecule has 0 saturated heterocycles. The summed E-state index contributed by atoms with van der Waals surface area (Å²) >= 11 is 0. The van der Waals surface area contributed by atoms with Crippen LogP contribution in [-0.4, -0.2) is 35.5 Å². The molecule has 16 heavy (non-hydrogen) atoms. The van der Waals surface area contributed by atoms with Gasteiger partial charge < -0.3 is 5.32 Å². The molecule has 0 fully saturated rings. The van der Waals surface area contributed by atoms with Crippen molar-refractivity contribution in [2.45, 2.75) is 58.7 Å². The minimum atomic E-state index is -0.220. The van der Waals surface area contributed by atoms with Crippen LogP contribution in [-0.2, 0) is 4.79 Å². The Morgan fingerprint density at radius 3 is 2.31 bits per heavy atom. The molecule has 0 aromatic rings. The van der Waals surface area contributed by atoms with Crippen LogP contribution in [0.5, 0.6) is 0 Å². The quantitative estimate of drug-likeness (QED) is 0.789. The highest BCUT2D eigenvalue weighted by atomic mass is 16.2. The summed E-state index contributed by atoms with van der Waals surface area (Å²) in [5, 5.41) is 11.5. The maximum Gasteiger partial charge on any atom is 0.237 e. The molecule has 0 aliphatic carbocycles. The molecular formula is C12H23N3O. The summed E-state index contributed by atoms with van der Waals surface area (Å²) in [6, 6.07) is 1.99. The van der Waals surface area contributed by atoms with Crippen molar-refractivity contribution in [3.63, 3.8) is 0 Å². The van der Waals surface area contributed by atoms with E-state index in [0.29, 0.717) is 6.42 Å². The first-order valence-electron chi connectivity index (χ1n) is 5.60. The number of rotatable bonds is 4. The van der Waals surface area contributed by atoms with Crippen molar-refractivity contribution in [2.24, 2.45) is 0 Å². The normalized spacial score (nSPS) is 15.4. The minimum Gasteiger partial charge on any atom is -0.350 e. The van der Waals surface area contributed by atoms with Crippen molar-refractivity contribution in [3.05, 3.63) is 0 Å². The summed E-state index contributed by atoms with van der Waals surface area (Å²) in [5.74, 6) is -0.000195. The monoisotopic (exact) mass is 225 g/mol. The summed E-state index contributed by atoms with van der Waals surface area (Å²) in [5.41, 5.74) is -0.218. The minimum absolute atomic E-state index is 0.000195. The van der Waals surface area contributed by atoms with Gasteiger partial charge in [0.1, 0.15) is 0 Å². The number of nitrogens with one attached hydrogen (secondary N) is 1. The van der Waals surface area contributed by atoms with Gasteiger partial charge in [0.05, 0.1) is 18.5 Å². The fraction of sp³-hybridized carbons (Fsp3) is 0.833. The molecule has 1 N–H and O–H groups in total. The topological polar surface area (TPSA) is 56.1 Å². The molecule has 0 aliphatic rings. The van der Waals surface area contributed by atoms with Gasteiger partial charge in [-0.05, 0) is 41.7 Å². The third-order valence-electron chi connectivity index (χ3n) is 2.57. The molecule has 0 bridgehead atoms. The molecule has 1 amide bonds. The Balaban J connectivity index is 4.39. The third-order valence-corrected chi connectivity index (χ3v) is 2.57. The maximum atomic E-state index is 11.9. The second-order valence-electron chi connectivity index (χ2n) is 5.29. The molecule has 4 heteroatoms. The summed E-state index contributed by atoms with van der Waals surface area (Å²) < 4.78 is 0. The summed E-state index contributed by atoms with van der Waals surface area (Å²) in [6.45, 7) is 9.67. The molecule has 0 spiro atoms. The van der Waals surface area contributed by atoms with E-state index in [2.05, 4.69) is 11.4 Å². The third kappa shape index (κ3) is 5.13. The predicted octanol–water partition coefficient (Wildman–Crippen LogP) is 1.52. The first-order chi connectivity index (χ1) is 7.19. The molecule has 4 nitrogen and oxygen atoms in total. The first-order valence-corrected chi connectivity index (χ1v) is 5.60. The van der Waals surface area contributed by atoms with Crippen LogP contribution in [0.2, 0.25) is 0 Å². The Kier molecular flexibility index (Phi) is 5.46. The molecule has 92 valence electrons. The van der Waals surface area contributed by atoms with Gasteiger partial charge in [0, 0.05) is 11.6 Å². The lowest BCUT2D eigenvalue weighted by molar-refractivity contribution is -0.127. The Morgan fingerprint density at radius 1 is 1.44 bits per heavy atom. The predicted molar refractivity (Wildman–Crippen MR) is 64.8 cm³/mol. The standard InChI is InChI=1S/C12H23N3O/c1-9(7-8-13)15(6)10(2)11(16)14-12(3,4)5/h9-10H,7H2,1-6H3,(H,14,16). The second-order valence-corrected chi connectivity index (χ2v) is 5.29. The number of likely N-dealkylation sites (N-methyl/N-ethyl adjacent to an activating group) is 1. The van der Waals surface area contributed by atoms with Gasteiger partial charge >= 0.3 is 0 Å². The Hall–Kier alpha value is -1.08. The zero-order valence-electron chi connectivity index (χ0n) is 11.2. The largest absolute Gasteiger partial charge is 0.350 e. The average molecular weight is 225 g/mol. The van der Waals surface area contributed by atoms with Crippen molar-refractivity contribution in [2.75, 3.05) is 7.05 Å². The molecule has 0 rings (SSSR count). The van der Waals surface area contributed by atoms with Crippen LogP contribution in [0.3, 0.4) is 0 Å². The van der Waals surface area contributed by atoms with Crippen LogP contribution in [0, 0.1) is 11.3 Å². The van der Waals surface area contributed by atoms with E-state index in [1.54, 1.807) is 0 Å². The van der Waals surface area contributed by atoms with Crippen molar-refractivity contribution >= 4 is 5.91 Å². The summed E-state index contributed by atoms with van der Waals surface area (Å²) in [4.78, 5) is 13.8. The molecule has 0 aromatic carbocycles. The molecule has 0 heterocycles. The second kappa shape index (κ2) is 5.86. The van der Waals surface area contributed by atoms with E-state index < -0.39 is 0 Å². The van der Waals surface area contributed by atoms with E-state index >= 15 is 0 Å². The SMILES string of the molecule is CC(CC#N)N(C)C(C)C(=O)NC(C)(C)C. The highest BCUT2D eigenvalue weighted by Crippen LogP contribution is 2.07. The number of nitriles is 1. The van der Waals surface area contributed by atoms with Crippen molar-refractivity contribution in [1.29, 1.82) is 5.26 Å². The van der Waals surface area contributed by atoms with Crippen molar-refractivity contribution in [3.8, 4) is 6.07 Å². The molecule has 0 saturated carbocycles. The lowest BCUT2D eigenvalue weighted by Crippen LogP contribution is -2.51. The van der Waals surface area contributed by atoms with E-state index in [4.69, 9.17) is 5.26 Å². The number of nitrogens with zero attached hydrogens (tertiary/aromatic N) is 2. The number of hydrogen-bond donors (Lipinski definition) is 1. The van der Waals surface area contributed by atoms with Gasteiger partial charge in [0.15, 0.2) is 0 Å². The summed E-state index contributed by atoms with van der Waals surface area (Å²) in [6.07, 6.45) is 0.434. The first kappa shape index (κ1) is 14.9. The van der Waals surface area contributed by atoms with Crippen LogP contribution in [0.25, 0.3) is 0 Å². The Labute approximate surface area is 98.6 Å². The summed E-state index contributed by atoms with van der Waals surface area (Å²) in [7, 11) is 1.87. The van der Waals surface area contributed by atoms with E-state index in [1.165, 1.54) is 0 Å². The smallest absolute Gasteiger partial charge is 0.237 e. The number of amides is 1. The van der Waals surface area contributed by atoms with Crippen LogP contribution in [0.1, 0.15) is 41.0 Å². The van der Waals surface area contributed by atoms with Crippen LogP contribution in [0.4, 0.5) is 0 Å². The number of carbonyl (C=O) groups excluding carboxylic acids is 1. The maximum absolute atomic E-state index is 11.9. The fourth-order valence-electron chi connectivity index (χ4n) is 1.32. The van der Waals surface area contributed by atoms with E-state index in [9.17, 15) is 4.79 Å². The molecule has 2 unspecified atom stereocenters. The van der Waals surface area contributed by atoms with Crippen LogP contribution < -0.4 is 5.32 Å². The lowest BCUT2D eigenvalue weighted by atomic mass is 10.1. The van der Waals surface area contributed by atoms with Gasteiger partial charge in [-0.3, -0.25) is 9.69 Å². The molecule has 0 aromatic heterocycles. The Bertz CT molecular complexity index is 275. The zero-order valence-corrected chi connectivity index (χ0v) is 11.2. The van der Waals surface area contributed by atoms with E-state index in [-0.39, 0.29) is 23.5 Å². The van der Waals surface area contributed by atoms with Gasteiger partial charge in [-0.25, -0.2) is 0 Å². The van der Waals surface area contributed by atoms with Crippen molar-refractivity contribution < 1.29 is 4.79 Å². The zero-order chi connectivity index (χ0) is 12.9. The molecule has 2 atom stereocenters. The van der Waals surface area contributed by atoms with E-state index in [1.807, 2.05) is 46.6 Å². The van der Waals surface area contributed by atoms with Gasteiger partial charge in [0.2, 0.25) is 5.91 Å². The van der Waals surface area contributed by atoms with Crippen LogP contribution >= 0.6 is 0 Å². The average Bonchev–Trinajstić information content (AvgIpc) is 2.13. The van der Waals surface area contributed by atoms with Gasteiger partial charge in [-0.15, -0.1) is 0 Å². The number of carbonyl (C=O) groups is 1. The Morgan fingerprint density at radius 2 is 1.94 bits per heavy atom. The highest BCUT2D eigenvalue weighted by Gasteiger charge is 2.24. The van der Waals surface area contributed by atoms with Gasteiger partial charge in [-0.2, -0.15) is 5.26 Å². The lowest BCUT2D eigenvalue weighted by Gasteiger charge is -2.31. The van der Waals surface area contributed by atoms with Gasteiger partial charge in [0.25, 0.3) is 0 Å². The van der Waals surface area contributed by atoms with Crippen molar-refractivity contribution in [1.82, 2.24) is 10.2 Å².